The minimum absolute atomic E-state index is 0.0659. The Morgan fingerprint density at radius 3 is 2.48 bits per heavy atom. The van der Waals surface area contributed by atoms with Crippen LogP contribution in [-0.4, -0.2) is 16.9 Å². The number of allylic oxidation sites excluding steroid dienone is 2. The first-order valence-electron chi connectivity index (χ1n) is 9.29. The van der Waals surface area contributed by atoms with Crippen molar-refractivity contribution in [2.75, 3.05) is 0 Å². The van der Waals surface area contributed by atoms with Crippen LogP contribution in [0.15, 0.2) is 36.4 Å². The van der Waals surface area contributed by atoms with Crippen LogP contribution in [0.3, 0.4) is 0 Å². The molecule has 0 aromatic heterocycles. The zero-order chi connectivity index (χ0) is 18.4. The molecule has 1 fully saturated rings. The van der Waals surface area contributed by atoms with Gasteiger partial charge < -0.3 is 5.11 Å². The van der Waals surface area contributed by atoms with Gasteiger partial charge in [0.25, 0.3) is 0 Å². The molecule has 1 unspecified atom stereocenters. The summed E-state index contributed by atoms with van der Waals surface area (Å²) < 4.78 is 0. The van der Waals surface area contributed by atoms with Crippen molar-refractivity contribution in [1.29, 1.82) is 0 Å². The Labute approximate surface area is 151 Å². The van der Waals surface area contributed by atoms with Gasteiger partial charge in [0, 0.05) is 18.8 Å². The van der Waals surface area contributed by atoms with Crippen LogP contribution in [0.5, 0.6) is 0 Å². The van der Waals surface area contributed by atoms with Crippen LogP contribution >= 0.6 is 0 Å². The maximum atomic E-state index is 12.3. The van der Waals surface area contributed by atoms with Gasteiger partial charge in [-0.25, -0.2) is 0 Å². The lowest BCUT2D eigenvalue weighted by molar-refractivity contribution is -0.137. The summed E-state index contributed by atoms with van der Waals surface area (Å²) in [6, 6.07) is 8.76. The summed E-state index contributed by atoms with van der Waals surface area (Å²) in [4.78, 5) is 22.8. The fraction of sp³-hybridized carbons (Fsp3) is 0.545. The zero-order valence-corrected chi connectivity index (χ0v) is 15.6. The number of hydrogen-bond acceptors (Lipinski definition) is 2. The van der Waals surface area contributed by atoms with E-state index in [2.05, 4.69) is 51.1 Å². The Balaban J connectivity index is 1.96. The number of benzene rings is 1. The first-order chi connectivity index (χ1) is 11.8. The Kier molecular flexibility index (Phi) is 6.57. The highest BCUT2D eigenvalue weighted by Gasteiger charge is 2.34. The van der Waals surface area contributed by atoms with Crippen LogP contribution in [0, 0.1) is 5.92 Å². The van der Waals surface area contributed by atoms with Gasteiger partial charge in [0.15, 0.2) is 0 Å². The Morgan fingerprint density at radius 1 is 1.20 bits per heavy atom. The van der Waals surface area contributed by atoms with Crippen LogP contribution in [-0.2, 0) is 15.0 Å². The highest BCUT2D eigenvalue weighted by Crippen LogP contribution is 2.40. The molecule has 1 aromatic carbocycles. The number of hydrogen-bond donors (Lipinski definition) is 1. The summed E-state index contributed by atoms with van der Waals surface area (Å²) in [5.41, 5.74) is 2.72. The standard InChI is InChI=1S/C22H30O3/c1-22(2,3)17-12-10-16(11-13-17)18-14-15-20(23)19(18)8-6-4-5-7-9-21(24)25/h4,6,10-13,18-19H,5,7-9,14-15H2,1-3H3,(H,24,25)/b6-4-/t18?,19-/m1/s1. The van der Waals surface area contributed by atoms with Gasteiger partial charge in [-0.1, -0.05) is 57.2 Å². The van der Waals surface area contributed by atoms with Gasteiger partial charge in [-0.2, -0.15) is 0 Å². The van der Waals surface area contributed by atoms with Crippen LogP contribution < -0.4 is 0 Å². The van der Waals surface area contributed by atoms with Gasteiger partial charge in [-0.3, -0.25) is 9.59 Å². The zero-order valence-electron chi connectivity index (χ0n) is 15.6. The minimum Gasteiger partial charge on any atom is -0.481 e. The molecule has 0 heterocycles. The average molecular weight is 342 g/mol. The van der Waals surface area contributed by atoms with E-state index in [-0.39, 0.29) is 17.8 Å². The summed E-state index contributed by atoms with van der Waals surface area (Å²) in [6.07, 6.45) is 8.07. The number of rotatable bonds is 7. The summed E-state index contributed by atoms with van der Waals surface area (Å²) >= 11 is 0. The fourth-order valence-corrected chi connectivity index (χ4v) is 3.57. The smallest absolute Gasteiger partial charge is 0.303 e. The van der Waals surface area contributed by atoms with Crippen molar-refractivity contribution >= 4 is 11.8 Å². The third kappa shape index (κ3) is 5.55. The Hall–Kier alpha value is -1.90. The molecule has 0 radical (unpaired) electrons. The number of Topliss-reactive ketones (excluding diaryl/α,β-unsaturated/α-hetero) is 1. The van der Waals surface area contributed by atoms with Crippen LogP contribution in [0.2, 0.25) is 0 Å². The molecule has 1 aliphatic rings. The highest BCUT2D eigenvalue weighted by atomic mass is 16.4. The highest BCUT2D eigenvalue weighted by molar-refractivity contribution is 5.84. The number of carboxylic acids is 1. The first-order valence-corrected chi connectivity index (χ1v) is 9.29. The third-order valence-corrected chi connectivity index (χ3v) is 5.12. The molecule has 0 aliphatic heterocycles. The summed E-state index contributed by atoms with van der Waals surface area (Å²) in [7, 11) is 0. The van der Waals surface area contributed by atoms with Crippen molar-refractivity contribution in [2.24, 2.45) is 5.92 Å². The van der Waals surface area contributed by atoms with Gasteiger partial charge in [0.1, 0.15) is 5.78 Å². The van der Waals surface area contributed by atoms with Crippen LogP contribution in [0.4, 0.5) is 0 Å². The normalized spacial score (nSPS) is 21.2. The molecular weight excluding hydrogens is 312 g/mol. The predicted octanol–water partition coefficient (Wildman–Crippen LogP) is 5.25. The van der Waals surface area contributed by atoms with E-state index in [1.165, 1.54) is 11.1 Å². The van der Waals surface area contributed by atoms with E-state index in [0.29, 0.717) is 24.5 Å². The molecule has 3 nitrogen and oxygen atoms in total. The largest absolute Gasteiger partial charge is 0.481 e. The summed E-state index contributed by atoms with van der Waals surface area (Å²) in [6.45, 7) is 6.62. The van der Waals surface area contributed by atoms with Crippen LogP contribution in [0.1, 0.15) is 76.3 Å². The van der Waals surface area contributed by atoms with E-state index >= 15 is 0 Å². The third-order valence-electron chi connectivity index (χ3n) is 5.12. The fourth-order valence-electron chi connectivity index (χ4n) is 3.57. The molecule has 0 bridgehead atoms. The minimum atomic E-state index is -0.752. The van der Waals surface area contributed by atoms with Gasteiger partial charge in [-0.05, 0) is 48.1 Å². The molecule has 0 spiro atoms. The molecule has 1 saturated carbocycles. The van der Waals surface area contributed by atoms with E-state index in [1.807, 2.05) is 6.08 Å². The number of carbonyl (C=O) groups excluding carboxylic acids is 1. The van der Waals surface area contributed by atoms with Gasteiger partial charge in [0.2, 0.25) is 0 Å². The van der Waals surface area contributed by atoms with E-state index < -0.39 is 5.97 Å². The molecule has 1 aliphatic carbocycles. The maximum Gasteiger partial charge on any atom is 0.303 e. The molecular formula is C22H30O3. The molecule has 2 atom stereocenters. The Morgan fingerprint density at radius 2 is 1.88 bits per heavy atom. The van der Waals surface area contributed by atoms with Crippen molar-refractivity contribution in [3.8, 4) is 0 Å². The van der Waals surface area contributed by atoms with Gasteiger partial charge in [-0.15, -0.1) is 0 Å². The van der Waals surface area contributed by atoms with Crippen molar-refractivity contribution < 1.29 is 14.7 Å². The maximum absolute atomic E-state index is 12.3. The van der Waals surface area contributed by atoms with Crippen LogP contribution in [0.25, 0.3) is 0 Å². The number of carboxylic acid groups (broad SMARTS) is 1. The molecule has 2 rings (SSSR count). The summed E-state index contributed by atoms with van der Waals surface area (Å²) in [5.74, 6) is -0.0142. The second-order valence-electron chi connectivity index (χ2n) is 8.08. The molecule has 25 heavy (non-hydrogen) atoms. The number of ketones is 1. The molecule has 0 amide bonds. The number of carbonyl (C=O) groups is 2. The monoisotopic (exact) mass is 342 g/mol. The lowest BCUT2D eigenvalue weighted by Crippen LogP contribution is -2.14. The predicted molar refractivity (Wildman–Crippen MR) is 101 cm³/mol. The molecule has 3 heteroatoms. The quantitative estimate of drug-likeness (QED) is 0.544. The van der Waals surface area contributed by atoms with E-state index in [0.717, 1.165) is 19.3 Å². The molecule has 1 N–H and O–H groups in total. The number of unbranched alkanes of at least 4 members (excludes halogenated alkanes) is 1. The molecule has 1 aromatic rings. The second kappa shape index (κ2) is 8.46. The first kappa shape index (κ1) is 19.4. The van der Waals surface area contributed by atoms with Crippen molar-refractivity contribution in [3.63, 3.8) is 0 Å². The SMILES string of the molecule is CC(C)(C)c1ccc(C2CCC(=O)[C@@H]2C/C=C\CCCC(=O)O)cc1. The Bertz CT molecular complexity index is 620. The lowest BCUT2D eigenvalue weighted by Gasteiger charge is -2.22. The molecule has 136 valence electrons. The average Bonchev–Trinajstić information content (AvgIpc) is 2.91. The second-order valence-corrected chi connectivity index (χ2v) is 8.08. The molecule has 0 saturated heterocycles. The van der Waals surface area contributed by atoms with E-state index in [1.54, 1.807) is 0 Å². The van der Waals surface area contributed by atoms with E-state index in [9.17, 15) is 9.59 Å². The van der Waals surface area contributed by atoms with Gasteiger partial charge >= 0.3 is 5.97 Å². The summed E-state index contributed by atoms with van der Waals surface area (Å²) in [5, 5.41) is 8.64. The lowest BCUT2D eigenvalue weighted by atomic mass is 9.82. The van der Waals surface area contributed by atoms with Gasteiger partial charge in [0.05, 0.1) is 0 Å². The van der Waals surface area contributed by atoms with Crippen molar-refractivity contribution in [3.05, 3.63) is 47.5 Å². The van der Waals surface area contributed by atoms with Crippen molar-refractivity contribution in [2.45, 2.75) is 70.6 Å². The van der Waals surface area contributed by atoms with Crippen molar-refractivity contribution in [1.82, 2.24) is 0 Å². The topological polar surface area (TPSA) is 54.4 Å². The number of aliphatic carboxylic acids is 1. The van der Waals surface area contributed by atoms with E-state index in [4.69, 9.17) is 5.11 Å².